The minimum Gasteiger partial charge on any atom is -0.326 e. The maximum Gasteiger partial charge on any atom is 0.266 e. The van der Waals surface area contributed by atoms with Crippen molar-refractivity contribution in [2.24, 2.45) is 0 Å². The number of hydrogen-bond acceptors (Lipinski definition) is 2. The lowest BCUT2D eigenvalue weighted by molar-refractivity contribution is 0.511. The molecule has 0 aliphatic carbocycles. The number of hydrogen-bond donors (Lipinski definition) is 1. The molecule has 2 aromatic rings. The molecule has 0 saturated heterocycles. The molecule has 0 spiro atoms. The molecule has 1 aromatic carbocycles. The highest BCUT2D eigenvalue weighted by Gasteiger charge is 2.10. The van der Waals surface area contributed by atoms with E-state index in [0.717, 1.165) is 12.3 Å². The van der Waals surface area contributed by atoms with Crippen LogP contribution in [0.2, 0.25) is 0 Å². The molecule has 0 bridgehead atoms. The number of H-pyrrole nitrogens is 1. The summed E-state index contributed by atoms with van der Waals surface area (Å²) in [7, 11) is 0. The third-order valence-electron chi connectivity index (χ3n) is 1.90. The Morgan fingerprint density at radius 3 is 2.73 bits per heavy atom. The number of benzene rings is 1. The van der Waals surface area contributed by atoms with Crippen molar-refractivity contribution in [1.29, 1.82) is 0 Å². The molecule has 0 fully saturated rings. The molecule has 1 heterocycles. The van der Waals surface area contributed by atoms with Crippen LogP contribution in [0.15, 0.2) is 35.4 Å². The van der Waals surface area contributed by atoms with Crippen LogP contribution in [0, 0.1) is 11.6 Å². The van der Waals surface area contributed by atoms with E-state index in [-0.39, 0.29) is 11.3 Å². The van der Waals surface area contributed by atoms with Crippen molar-refractivity contribution in [3.8, 4) is 11.3 Å². The van der Waals surface area contributed by atoms with Crippen molar-refractivity contribution < 1.29 is 8.78 Å². The van der Waals surface area contributed by atoms with Crippen molar-refractivity contribution in [3.63, 3.8) is 0 Å². The lowest BCUT2D eigenvalue weighted by Crippen LogP contribution is -2.05. The highest BCUT2D eigenvalue weighted by atomic mass is 19.2. The molecule has 1 N–H and O–H groups in total. The Balaban J connectivity index is 2.59. The summed E-state index contributed by atoms with van der Waals surface area (Å²) in [5.74, 6) is -1.92. The molecular weight excluding hydrogens is 202 g/mol. The van der Waals surface area contributed by atoms with E-state index in [1.807, 2.05) is 0 Å². The second-order valence-corrected chi connectivity index (χ2v) is 2.90. The van der Waals surface area contributed by atoms with Crippen LogP contribution in [0.4, 0.5) is 8.78 Å². The van der Waals surface area contributed by atoms with E-state index in [1.165, 1.54) is 18.3 Å². The van der Waals surface area contributed by atoms with Crippen molar-refractivity contribution in [2.45, 2.75) is 0 Å². The summed E-state index contributed by atoms with van der Waals surface area (Å²) < 4.78 is 26.2. The van der Waals surface area contributed by atoms with Crippen molar-refractivity contribution in [1.82, 2.24) is 9.97 Å². The normalized spacial score (nSPS) is 10.3. The monoisotopic (exact) mass is 208 g/mol. The molecule has 0 aliphatic heterocycles. The van der Waals surface area contributed by atoms with Crippen LogP contribution in [0.25, 0.3) is 11.3 Å². The maximum atomic E-state index is 13.3. The molecular formula is C10H6F2N2O. The zero-order chi connectivity index (χ0) is 10.8. The Labute approximate surface area is 83.4 Å². The molecule has 15 heavy (non-hydrogen) atoms. The zero-order valence-electron chi connectivity index (χ0n) is 7.50. The first-order valence-corrected chi connectivity index (χ1v) is 4.17. The Kier molecular flexibility index (Phi) is 2.29. The summed E-state index contributed by atoms with van der Waals surface area (Å²) in [6, 6.07) is 3.78. The first-order chi connectivity index (χ1) is 7.18. The second kappa shape index (κ2) is 3.61. The van der Waals surface area contributed by atoms with Gasteiger partial charge in [0.25, 0.3) is 5.56 Å². The molecule has 1 aromatic heterocycles. The summed E-state index contributed by atoms with van der Waals surface area (Å²) in [6.45, 7) is 0. The minimum absolute atomic E-state index is 0.0197. The summed E-state index contributed by atoms with van der Waals surface area (Å²) in [5, 5.41) is 0. The van der Waals surface area contributed by atoms with E-state index in [9.17, 15) is 13.6 Å². The Hall–Kier alpha value is -2.04. The molecule has 5 heteroatoms. The van der Waals surface area contributed by atoms with E-state index in [1.54, 1.807) is 0 Å². The summed E-state index contributed by atoms with van der Waals surface area (Å²) in [5.41, 5.74) is -0.187. The Bertz CT molecular complexity index is 531. The SMILES string of the molecule is O=c1cnc(-c2cccc(F)c2F)c[nH]1. The fraction of sp³-hybridized carbons (Fsp3) is 0. The fourth-order valence-electron chi connectivity index (χ4n) is 1.19. The maximum absolute atomic E-state index is 13.3. The van der Waals surface area contributed by atoms with Gasteiger partial charge in [0.2, 0.25) is 0 Å². The number of halogens is 2. The minimum atomic E-state index is -0.975. The molecule has 0 unspecified atom stereocenters. The number of aromatic nitrogens is 2. The second-order valence-electron chi connectivity index (χ2n) is 2.90. The smallest absolute Gasteiger partial charge is 0.266 e. The lowest BCUT2D eigenvalue weighted by atomic mass is 10.1. The van der Waals surface area contributed by atoms with Crippen LogP contribution >= 0.6 is 0 Å². The first-order valence-electron chi connectivity index (χ1n) is 4.17. The van der Waals surface area contributed by atoms with Crippen molar-refractivity contribution in [3.05, 3.63) is 52.6 Å². The van der Waals surface area contributed by atoms with Gasteiger partial charge in [-0.15, -0.1) is 0 Å². The van der Waals surface area contributed by atoms with Crippen molar-refractivity contribution >= 4 is 0 Å². The van der Waals surface area contributed by atoms with Crippen LogP contribution in [-0.4, -0.2) is 9.97 Å². The van der Waals surface area contributed by atoms with Crippen LogP contribution in [0.1, 0.15) is 0 Å². The molecule has 0 amide bonds. The predicted molar refractivity (Wildman–Crippen MR) is 50.2 cm³/mol. The van der Waals surface area contributed by atoms with Gasteiger partial charge in [-0.1, -0.05) is 6.07 Å². The quantitative estimate of drug-likeness (QED) is 0.775. The molecule has 0 atom stereocenters. The Morgan fingerprint density at radius 2 is 2.07 bits per heavy atom. The van der Waals surface area contributed by atoms with Gasteiger partial charge in [0, 0.05) is 11.8 Å². The van der Waals surface area contributed by atoms with Gasteiger partial charge in [-0.3, -0.25) is 4.79 Å². The fourth-order valence-corrected chi connectivity index (χ4v) is 1.19. The van der Waals surface area contributed by atoms with E-state index >= 15 is 0 Å². The van der Waals surface area contributed by atoms with E-state index < -0.39 is 17.2 Å². The molecule has 0 radical (unpaired) electrons. The lowest BCUT2D eigenvalue weighted by Gasteiger charge is -2.01. The van der Waals surface area contributed by atoms with Gasteiger partial charge >= 0.3 is 0 Å². The van der Waals surface area contributed by atoms with Gasteiger partial charge in [-0.05, 0) is 12.1 Å². The summed E-state index contributed by atoms with van der Waals surface area (Å²) >= 11 is 0. The average Bonchev–Trinajstić information content (AvgIpc) is 2.24. The first kappa shape index (κ1) is 9.51. The summed E-state index contributed by atoms with van der Waals surface area (Å²) in [6.07, 6.45) is 2.25. The molecule has 3 nitrogen and oxygen atoms in total. The number of nitrogens with zero attached hydrogens (tertiary/aromatic N) is 1. The van der Waals surface area contributed by atoms with Crippen LogP contribution in [0.3, 0.4) is 0 Å². The highest BCUT2D eigenvalue weighted by Crippen LogP contribution is 2.20. The molecule has 2 rings (SSSR count). The Morgan fingerprint density at radius 1 is 1.27 bits per heavy atom. The van der Waals surface area contributed by atoms with Gasteiger partial charge in [0.05, 0.1) is 11.9 Å². The number of aromatic amines is 1. The van der Waals surface area contributed by atoms with Crippen LogP contribution in [0.5, 0.6) is 0 Å². The van der Waals surface area contributed by atoms with Gasteiger partial charge in [0.15, 0.2) is 11.6 Å². The molecule has 76 valence electrons. The number of nitrogens with one attached hydrogen (secondary N) is 1. The van der Waals surface area contributed by atoms with Gasteiger partial charge in [-0.2, -0.15) is 0 Å². The predicted octanol–water partition coefficient (Wildman–Crippen LogP) is 1.72. The average molecular weight is 208 g/mol. The molecule has 0 saturated carbocycles. The third-order valence-corrected chi connectivity index (χ3v) is 1.90. The van der Waals surface area contributed by atoms with Gasteiger partial charge in [0.1, 0.15) is 0 Å². The van der Waals surface area contributed by atoms with Crippen LogP contribution < -0.4 is 5.56 Å². The van der Waals surface area contributed by atoms with Gasteiger partial charge in [-0.25, -0.2) is 13.8 Å². The number of rotatable bonds is 1. The van der Waals surface area contributed by atoms with Crippen molar-refractivity contribution in [2.75, 3.05) is 0 Å². The summed E-state index contributed by atoms with van der Waals surface area (Å²) in [4.78, 5) is 16.8. The third kappa shape index (κ3) is 1.76. The topological polar surface area (TPSA) is 45.8 Å². The largest absolute Gasteiger partial charge is 0.326 e. The van der Waals surface area contributed by atoms with E-state index in [2.05, 4.69) is 9.97 Å². The standard InChI is InChI=1S/C10H6F2N2O/c11-7-3-1-2-6(10(7)12)8-4-14-9(15)5-13-8/h1-5H,(H,14,15). The highest BCUT2D eigenvalue weighted by molar-refractivity contribution is 5.58. The van der Waals surface area contributed by atoms with E-state index in [4.69, 9.17) is 0 Å². The van der Waals surface area contributed by atoms with E-state index in [0.29, 0.717) is 0 Å². The van der Waals surface area contributed by atoms with Gasteiger partial charge < -0.3 is 4.98 Å². The molecule has 0 aliphatic rings. The zero-order valence-corrected chi connectivity index (χ0v) is 7.50. The van der Waals surface area contributed by atoms with Crippen LogP contribution in [-0.2, 0) is 0 Å².